The zero-order valence-electron chi connectivity index (χ0n) is 16.9. The summed E-state index contributed by atoms with van der Waals surface area (Å²) in [6.07, 6.45) is -4.78. The first-order chi connectivity index (χ1) is 14.5. The molecule has 2 N–H and O–H groups in total. The number of nitrogens with zero attached hydrogens (tertiary/aromatic N) is 4. The highest BCUT2D eigenvalue weighted by molar-refractivity contribution is 6.32. The number of imidazole rings is 1. The summed E-state index contributed by atoms with van der Waals surface area (Å²) < 4.78 is 45.2. The average Bonchev–Trinajstić information content (AvgIpc) is 2.92. The first-order valence-corrected chi connectivity index (χ1v) is 9.64. The van der Waals surface area contributed by atoms with Gasteiger partial charge in [-0.15, -0.1) is 0 Å². The molecule has 0 fully saturated rings. The second-order valence-corrected chi connectivity index (χ2v) is 7.94. The van der Waals surface area contributed by atoms with E-state index in [1.165, 1.54) is 9.13 Å². The van der Waals surface area contributed by atoms with Crippen LogP contribution in [0.2, 0.25) is 5.02 Å². The monoisotopic (exact) mass is 459 g/mol. The fourth-order valence-electron chi connectivity index (χ4n) is 2.87. The fourth-order valence-corrected chi connectivity index (χ4v) is 3.01. The van der Waals surface area contributed by atoms with Crippen LogP contribution < -0.4 is 15.7 Å². The number of aromatic nitrogens is 4. The van der Waals surface area contributed by atoms with Gasteiger partial charge in [-0.25, -0.2) is 18.6 Å². The number of fused-ring (bicyclic) bond motifs is 1. The largest absolute Gasteiger partial charge is 0.422 e. The molecule has 3 rings (SSSR count). The molecular formula is C19H21ClF3N5O3. The van der Waals surface area contributed by atoms with Crippen molar-refractivity contribution in [2.75, 3.05) is 5.32 Å². The maximum atomic E-state index is 13.1. The van der Waals surface area contributed by atoms with Gasteiger partial charge >= 0.3 is 24.5 Å². The number of ether oxygens (including phenoxy) is 1. The second-order valence-electron chi connectivity index (χ2n) is 7.54. The van der Waals surface area contributed by atoms with Crippen LogP contribution in [0.15, 0.2) is 29.2 Å². The SMILES string of the molecule is Cn1c(=O)n(CCC(C)(C)O)c2cc(Nc3nc(OC(F)C(F)F)ncc3Cl)ccc21. The number of halogens is 4. The van der Waals surface area contributed by atoms with Crippen LogP contribution in [-0.2, 0) is 13.6 Å². The molecule has 0 saturated carbocycles. The van der Waals surface area contributed by atoms with Gasteiger partial charge in [-0.3, -0.25) is 9.13 Å². The summed E-state index contributed by atoms with van der Waals surface area (Å²) in [4.78, 5) is 20.0. The Bertz CT molecular complexity index is 1140. The quantitative estimate of drug-likeness (QED) is 0.534. The molecule has 168 valence electrons. The molecule has 8 nitrogen and oxygen atoms in total. The van der Waals surface area contributed by atoms with Crippen molar-refractivity contribution >= 4 is 34.1 Å². The van der Waals surface area contributed by atoms with Crippen LogP contribution in [0, 0.1) is 0 Å². The molecule has 2 aromatic heterocycles. The molecule has 1 unspecified atom stereocenters. The van der Waals surface area contributed by atoms with E-state index in [-0.39, 0.29) is 16.5 Å². The molecule has 3 aromatic rings. The number of alkyl halides is 3. The predicted molar refractivity (Wildman–Crippen MR) is 110 cm³/mol. The van der Waals surface area contributed by atoms with E-state index in [9.17, 15) is 23.1 Å². The number of hydrogen-bond donors (Lipinski definition) is 2. The molecule has 1 aromatic carbocycles. The van der Waals surface area contributed by atoms with Crippen molar-refractivity contribution in [2.45, 2.75) is 45.2 Å². The van der Waals surface area contributed by atoms with Crippen molar-refractivity contribution in [3.8, 4) is 6.01 Å². The highest BCUT2D eigenvalue weighted by Gasteiger charge is 2.23. The smallest absolute Gasteiger partial charge is 0.328 e. The zero-order chi connectivity index (χ0) is 22.9. The van der Waals surface area contributed by atoms with Crippen LogP contribution in [-0.4, -0.2) is 42.6 Å². The van der Waals surface area contributed by atoms with Gasteiger partial charge in [-0.1, -0.05) is 11.6 Å². The minimum absolute atomic E-state index is 0.00815. The van der Waals surface area contributed by atoms with E-state index in [1.54, 1.807) is 39.1 Å². The van der Waals surface area contributed by atoms with Crippen molar-refractivity contribution in [3.05, 3.63) is 39.9 Å². The van der Waals surface area contributed by atoms with Gasteiger partial charge in [0, 0.05) is 19.3 Å². The van der Waals surface area contributed by atoms with Crippen LogP contribution >= 0.6 is 11.6 Å². The minimum atomic E-state index is -3.35. The molecule has 0 saturated heterocycles. The van der Waals surface area contributed by atoms with Crippen LogP contribution in [0.3, 0.4) is 0 Å². The summed E-state index contributed by atoms with van der Waals surface area (Å²) in [7, 11) is 1.64. The summed E-state index contributed by atoms with van der Waals surface area (Å²) in [6.45, 7) is 3.60. The number of hydrogen-bond acceptors (Lipinski definition) is 6. The molecule has 0 aliphatic heterocycles. The Morgan fingerprint density at radius 3 is 2.65 bits per heavy atom. The number of rotatable bonds is 8. The third-order valence-electron chi connectivity index (χ3n) is 4.49. The topological polar surface area (TPSA) is 94.2 Å². The lowest BCUT2D eigenvalue weighted by atomic mass is 10.1. The van der Waals surface area contributed by atoms with E-state index >= 15 is 0 Å². The van der Waals surface area contributed by atoms with E-state index in [0.29, 0.717) is 29.7 Å². The van der Waals surface area contributed by atoms with Crippen LogP contribution in [0.1, 0.15) is 20.3 Å². The van der Waals surface area contributed by atoms with E-state index in [1.807, 2.05) is 0 Å². The number of aliphatic hydroxyl groups is 1. The third kappa shape index (κ3) is 5.28. The summed E-state index contributed by atoms with van der Waals surface area (Å²) in [6, 6.07) is 4.44. The number of aryl methyl sites for hydroxylation is 2. The Hall–Kier alpha value is -2.79. The second kappa shape index (κ2) is 8.75. The van der Waals surface area contributed by atoms with Crippen molar-refractivity contribution in [1.29, 1.82) is 0 Å². The summed E-state index contributed by atoms with van der Waals surface area (Å²) in [5.41, 5.74) is 0.557. The lowest BCUT2D eigenvalue weighted by Crippen LogP contribution is -2.27. The van der Waals surface area contributed by atoms with Crippen LogP contribution in [0.5, 0.6) is 6.01 Å². The molecule has 0 bridgehead atoms. The van der Waals surface area contributed by atoms with Gasteiger partial charge in [-0.2, -0.15) is 9.37 Å². The minimum Gasteiger partial charge on any atom is -0.422 e. The van der Waals surface area contributed by atoms with Crippen molar-refractivity contribution in [1.82, 2.24) is 19.1 Å². The van der Waals surface area contributed by atoms with Crippen molar-refractivity contribution in [3.63, 3.8) is 0 Å². The van der Waals surface area contributed by atoms with Gasteiger partial charge in [0.15, 0.2) is 5.82 Å². The first-order valence-electron chi connectivity index (χ1n) is 9.26. The Morgan fingerprint density at radius 1 is 1.29 bits per heavy atom. The third-order valence-corrected chi connectivity index (χ3v) is 4.77. The molecule has 12 heteroatoms. The molecule has 0 aliphatic rings. The maximum absolute atomic E-state index is 13.1. The van der Waals surface area contributed by atoms with Crippen molar-refractivity contribution < 1.29 is 23.0 Å². The Balaban J connectivity index is 1.93. The van der Waals surface area contributed by atoms with Crippen molar-refractivity contribution in [2.24, 2.45) is 7.05 Å². The Kier molecular flexibility index (Phi) is 6.46. The maximum Gasteiger partial charge on any atom is 0.328 e. The Morgan fingerprint density at radius 2 is 2.00 bits per heavy atom. The summed E-state index contributed by atoms with van der Waals surface area (Å²) in [5.74, 6) is 0.00815. The van der Waals surface area contributed by atoms with E-state index in [4.69, 9.17) is 11.6 Å². The molecule has 1 atom stereocenters. The summed E-state index contributed by atoms with van der Waals surface area (Å²) >= 11 is 6.05. The highest BCUT2D eigenvalue weighted by atomic mass is 35.5. The lowest BCUT2D eigenvalue weighted by molar-refractivity contribution is -0.0712. The molecule has 0 amide bonds. The van der Waals surface area contributed by atoms with Crippen LogP contribution in [0.4, 0.5) is 24.7 Å². The van der Waals surface area contributed by atoms with Gasteiger partial charge in [0.1, 0.15) is 5.02 Å². The van der Waals surface area contributed by atoms with Crippen LogP contribution in [0.25, 0.3) is 11.0 Å². The molecular weight excluding hydrogens is 439 g/mol. The number of nitrogens with one attached hydrogen (secondary N) is 1. The van der Waals surface area contributed by atoms with Gasteiger partial charge in [0.05, 0.1) is 22.8 Å². The highest BCUT2D eigenvalue weighted by Crippen LogP contribution is 2.27. The normalized spacial score (nSPS) is 13.1. The zero-order valence-corrected chi connectivity index (χ0v) is 17.7. The fraction of sp³-hybridized carbons (Fsp3) is 0.421. The van der Waals surface area contributed by atoms with Gasteiger partial charge in [-0.05, 0) is 38.5 Å². The lowest BCUT2D eigenvalue weighted by Gasteiger charge is -2.17. The Labute approximate surface area is 180 Å². The molecule has 2 heterocycles. The first kappa shape index (κ1) is 22.9. The van der Waals surface area contributed by atoms with Gasteiger partial charge < -0.3 is 15.2 Å². The number of anilines is 2. The predicted octanol–water partition coefficient (Wildman–Crippen LogP) is 3.63. The summed E-state index contributed by atoms with van der Waals surface area (Å²) in [5, 5.41) is 12.9. The molecule has 0 aliphatic carbocycles. The molecule has 0 spiro atoms. The van der Waals surface area contributed by atoms with Gasteiger partial charge in [0.25, 0.3) is 0 Å². The molecule has 0 radical (unpaired) electrons. The standard InChI is InChI=1S/C19H21ClF3N5O3/c1-19(2,30)6-7-28-13-8-10(4-5-12(13)27(3)18(28)29)25-16-11(20)9-24-17(26-16)31-15(23)14(21)22/h4-5,8-9,14-15,30H,6-7H2,1-3H3,(H,24,25,26). The average molecular weight is 460 g/mol. The van der Waals surface area contributed by atoms with E-state index < -0.39 is 24.4 Å². The number of benzene rings is 1. The van der Waals surface area contributed by atoms with E-state index in [2.05, 4.69) is 20.0 Å². The molecule has 31 heavy (non-hydrogen) atoms. The van der Waals surface area contributed by atoms with Gasteiger partial charge in [0.2, 0.25) is 0 Å². The van der Waals surface area contributed by atoms with E-state index in [0.717, 1.165) is 6.20 Å².